The van der Waals surface area contributed by atoms with E-state index in [1.165, 1.54) is 19.3 Å². The smallest absolute Gasteiger partial charge is 0.313 e. The first-order chi connectivity index (χ1) is 13.1. The molecule has 0 N–H and O–H groups in total. The summed E-state index contributed by atoms with van der Waals surface area (Å²) in [6.45, 7) is 1.55. The summed E-state index contributed by atoms with van der Waals surface area (Å²) >= 11 is 0. The van der Waals surface area contributed by atoms with Crippen LogP contribution in [0.25, 0.3) is 0 Å². The molecule has 0 aromatic heterocycles. The first-order valence-electron chi connectivity index (χ1n) is 10.7. The molecule has 5 aliphatic rings. The zero-order valence-electron chi connectivity index (χ0n) is 15.9. The van der Waals surface area contributed by atoms with Gasteiger partial charge in [-0.3, -0.25) is 9.59 Å². The molecule has 0 unspecified atom stereocenters. The van der Waals surface area contributed by atoms with Gasteiger partial charge in [0.1, 0.15) is 0 Å². The average Bonchev–Trinajstić information content (AvgIpc) is 3.20. The van der Waals surface area contributed by atoms with Gasteiger partial charge in [-0.15, -0.1) is 0 Å². The Bertz CT molecular complexity index is 687. The van der Waals surface area contributed by atoms with Crippen molar-refractivity contribution in [2.45, 2.75) is 57.5 Å². The maximum absolute atomic E-state index is 13.4. The third kappa shape index (κ3) is 3.07. The fourth-order valence-corrected chi connectivity index (χ4v) is 6.58. The highest BCUT2D eigenvalue weighted by Gasteiger charge is 2.56. The molecule has 1 saturated heterocycles. The predicted molar refractivity (Wildman–Crippen MR) is 102 cm³/mol. The second kappa shape index (κ2) is 6.65. The number of carbonyl (C=O) groups excluding carboxylic acids is 2. The van der Waals surface area contributed by atoms with Crippen molar-refractivity contribution in [3.8, 4) is 0 Å². The molecule has 27 heavy (non-hydrogen) atoms. The maximum atomic E-state index is 13.4. The Labute approximate surface area is 161 Å². The summed E-state index contributed by atoms with van der Waals surface area (Å²) in [6.07, 6.45) is 8.08. The summed E-state index contributed by atoms with van der Waals surface area (Å²) < 4.78 is 6.07. The minimum Gasteiger partial charge on any atom is -0.447 e. The van der Waals surface area contributed by atoms with Crippen LogP contribution in [0.15, 0.2) is 30.3 Å². The van der Waals surface area contributed by atoms with Crippen LogP contribution >= 0.6 is 0 Å². The minimum absolute atomic E-state index is 0.0446. The normalized spacial score (nSPS) is 35.3. The van der Waals surface area contributed by atoms with Gasteiger partial charge in [-0.25, -0.2) is 0 Å². The standard InChI is InChI=1S/C23H29NO3/c25-21(24-8-4-5-9-24)20(19-6-2-1-3-7-19)27-22(26)23-13-16-10-17(14-23)12-18(11-16)15-23/h1-3,6-7,16-18,20H,4-5,8-15H2/t16?,17?,18?,20-,23?/m1/s1. The molecule has 1 aromatic carbocycles. The van der Waals surface area contributed by atoms with Crippen LogP contribution in [-0.2, 0) is 14.3 Å². The summed E-state index contributed by atoms with van der Waals surface area (Å²) in [6, 6.07) is 9.58. The lowest BCUT2D eigenvalue weighted by molar-refractivity contribution is -0.181. The van der Waals surface area contributed by atoms with E-state index in [-0.39, 0.29) is 17.3 Å². The van der Waals surface area contributed by atoms with Crippen LogP contribution < -0.4 is 0 Å². The van der Waals surface area contributed by atoms with E-state index in [0.29, 0.717) is 17.8 Å². The Morgan fingerprint density at radius 3 is 2.04 bits per heavy atom. The van der Waals surface area contributed by atoms with Crippen molar-refractivity contribution < 1.29 is 14.3 Å². The van der Waals surface area contributed by atoms with Crippen LogP contribution in [-0.4, -0.2) is 29.9 Å². The molecule has 4 saturated carbocycles. The van der Waals surface area contributed by atoms with Crippen LogP contribution in [0.5, 0.6) is 0 Å². The highest BCUT2D eigenvalue weighted by molar-refractivity contribution is 5.87. The Kier molecular flexibility index (Phi) is 4.25. The quantitative estimate of drug-likeness (QED) is 0.753. The van der Waals surface area contributed by atoms with Gasteiger partial charge in [0.05, 0.1) is 5.41 Å². The van der Waals surface area contributed by atoms with Crippen LogP contribution in [0, 0.1) is 23.2 Å². The van der Waals surface area contributed by atoms with Crippen molar-refractivity contribution in [1.82, 2.24) is 4.90 Å². The highest BCUT2D eigenvalue weighted by atomic mass is 16.5. The Morgan fingerprint density at radius 1 is 0.926 bits per heavy atom. The second-order valence-corrected chi connectivity index (χ2v) is 9.43. The lowest BCUT2D eigenvalue weighted by Crippen LogP contribution is -2.51. The lowest BCUT2D eigenvalue weighted by atomic mass is 9.49. The molecule has 1 amide bonds. The number of rotatable bonds is 4. The summed E-state index contributed by atoms with van der Waals surface area (Å²) in [5.41, 5.74) is 0.472. The number of likely N-dealkylation sites (tertiary alicyclic amines) is 1. The van der Waals surface area contributed by atoms with E-state index >= 15 is 0 Å². The molecule has 1 aliphatic heterocycles. The molecule has 4 nitrogen and oxygen atoms in total. The van der Waals surface area contributed by atoms with E-state index in [2.05, 4.69) is 0 Å². The molecule has 1 aromatic rings. The molecule has 144 valence electrons. The fourth-order valence-electron chi connectivity index (χ4n) is 6.58. The van der Waals surface area contributed by atoms with E-state index in [1.54, 1.807) is 0 Å². The van der Waals surface area contributed by atoms with Crippen molar-refractivity contribution in [2.75, 3.05) is 13.1 Å². The number of esters is 1. The molecule has 4 aliphatic carbocycles. The predicted octanol–water partition coefficient (Wildman–Crippen LogP) is 4.11. The highest BCUT2D eigenvalue weighted by Crippen LogP contribution is 2.60. The molecule has 4 bridgehead atoms. The Balaban J connectivity index is 1.39. The average molecular weight is 367 g/mol. The first kappa shape index (κ1) is 17.3. The zero-order valence-corrected chi connectivity index (χ0v) is 15.9. The molecular weight excluding hydrogens is 338 g/mol. The third-order valence-corrected chi connectivity index (χ3v) is 7.44. The van der Waals surface area contributed by atoms with Gasteiger partial charge in [0.15, 0.2) is 0 Å². The second-order valence-electron chi connectivity index (χ2n) is 9.43. The van der Waals surface area contributed by atoms with E-state index in [4.69, 9.17) is 4.74 Å². The first-order valence-corrected chi connectivity index (χ1v) is 10.7. The van der Waals surface area contributed by atoms with Gasteiger partial charge in [-0.05, 0) is 69.1 Å². The van der Waals surface area contributed by atoms with Gasteiger partial charge in [-0.1, -0.05) is 30.3 Å². The number of nitrogens with zero attached hydrogens (tertiary/aromatic N) is 1. The molecular formula is C23H29NO3. The topological polar surface area (TPSA) is 46.6 Å². The molecule has 0 spiro atoms. The molecule has 4 heteroatoms. The van der Waals surface area contributed by atoms with Crippen LogP contribution in [0.2, 0.25) is 0 Å². The maximum Gasteiger partial charge on any atom is 0.313 e. The Hall–Kier alpha value is -1.84. The van der Waals surface area contributed by atoms with Crippen molar-refractivity contribution >= 4 is 11.9 Å². The number of benzene rings is 1. The van der Waals surface area contributed by atoms with E-state index < -0.39 is 6.10 Å². The van der Waals surface area contributed by atoms with Crippen LogP contribution in [0.3, 0.4) is 0 Å². The number of carbonyl (C=O) groups is 2. The number of hydrogen-bond donors (Lipinski definition) is 0. The van der Waals surface area contributed by atoms with Gasteiger partial charge >= 0.3 is 5.97 Å². The van der Waals surface area contributed by atoms with Crippen molar-refractivity contribution in [3.63, 3.8) is 0 Å². The van der Waals surface area contributed by atoms with Gasteiger partial charge < -0.3 is 9.64 Å². The van der Waals surface area contributed by atoms with Gasteiger partial charge in [-0.2, -0.15) is 0 Å². The Morgan fingerprint density at radius 2 is 1.48 bits per heavy atom. The summed E-state index contributed by atoms with van der Waals surface area (Å²) in [5.74, 6) is 1.91. The van der Waals surface area contributed by atoms with Crippen molar-refractivity contribution in [2.24, 2.45) is 23.2 Å². The van der Waals surface area contributed by atoms with Crippen LogP contribution in [0.4, 0.5) is 0 Å². The summed E-state index contributed by atoms with van der Waals surface area (Å²) in [4.78, 5) is 28.4. The van der Waals surface area contributed by atoms with E-state index in [0.717, 1.165) is 50.8 Å². The van der Waals surface area contributed by atoms with Crippen molar-refractivity contribution in [3.05, 3.63) is 35.9 Å². The van der Waals surface area contributed by atoms with Gasteiger partial charge in [0, 0.05) is 18.7 Å². The van der Waals surface area contributed by atoms with Crippen molar-refractivity contribution in [1.29, 1.82) is 0 Å². The van der Waals surface area contributed by atoms with Crippen LogP contribution in [0.1, 0.15) is 63.0 Å². The number of amides is 1. The molecule has 0 radical (unpaired) electrons. The SMILES string of the molecule is O=C([C@H](OC(=O)C12CC3CC(CC(C3)C1)C2)c1ccccc1)N1CCCC1. The summed E-state index contributed by atoms with van der Waals surface area (Å²) in [7, 11) is 0. The largest absolute Gasteiger partial charge is 0.447 e. The monoisotopic (exact) mass is 367 g/mol. The molecule has 1 heterocycles. The minimum atomic E-state index is -0.787. The summed E-state index contributed by atoms with van der Waals surface area (Å²) in [5, 5.41) is 0. The number of hydrogen-bond acceptors (Lipinski definition) is 3. The van der Waals surface area contributed by atoms with E-state index in [1.807, 2.05) is 35.2 Å². The molecule has 5 fully saturated rings. The molecule has 6 rings (SSSR count). The number of ether oxygens (including phenoxy) is 1. The van der Waals surface area contributed by atoms with Gasteiger partial charge in [0.25, 0.3) is 5.91 Å². The fraction of sp³-hybridized carbons (Fsp3) is 0.652. The van der Waals surface area contributed by atoms with Gasteiger partial charge in [0.2, 0.25) is 6.10 Å². The van der Waals surface area contributed by atoms with E-state index in [9.17, 15) is 9.59 Å². The molecule has 1 atom stereocenters. The lowest BCUT2D eigenvalue weighted by Gasteiger charge is -2.55. The zero-order chi connectivity index (χ0) is 18.4. The third-order valence-electron chi connectivity index (χ3n) is 7.44.